The first-order valence-electron chi connectivity index (χ1n) is 5.26. The van der Waals surface area contributed by atoms with Crippen LogP contribution < -0.4 is 5.01 Å². The molecule has 0 unspecified atom stereocenters. The van der Waals surface area contributed by atoms with Crippen molar-refractivity contribution in [1.82, 2.24) is 0 Å². The summed E-state index contributed by atoms with van der Waals surface area (Å²) < 4.78 is 4.84. The second kappa shape index (κ2) is 6.25. The third kappa shape index (κ3) is 3.75. The Labute approximate surface area is 106 Å². The molecule has 5 heteroatoms. The van der Waals surface area contributed by atoms with Gasteiger partial charge in [0.2, 0.25) is 0 Å². The van der Waals surface area contributed by atoms with Gasteiger partial charge in [-0.2, -0.15) is 5.10 Å². The highest BCUT2D eigenvalue weighted by Gasteiger charge is 2.09. The normalized spacial score (nSPS) is 11.2. The minimum absolute atomic E-state index is 0.286. The van der Waals surface area contributed by atoms with Gasteiger partial charge in [0, 0.05) is 7.05 Å². The molecule has 0 radical (unpaired) electrons. The van der Waals surface area contributed by atoms with E-state index < -0.39 is 5.97 Å². The topological polar surface area (TPSA) is 41.9 Å². The van der Waals surface area contributed by atoms with E-state index in [4.69, 9.17) is 16.3 Å². The fourth-order valence-electron chi connectivity index (χ4n) is 1.27. The molecular formula is C12H15ClN2O2. The minimum Gasteiger partial charge on any atom is -0.461 e. The molecule has 0 fully saturated rings. The Morgan fingerprint density at radius 2 is 2.12 bits per heavy atom. The Hall–Kier alpha value is -1.55. The number of rotatable bonds is 4. The van der Waals surface area contributed by atoms with Crippen LogP contribution in [0.5, 0.6) is 0 Å². The lowest BCUT2D eigenvalue weighted by Crippen LogP contribution is -2.20. The van der Waals surface area contributed by atoms with Crippen molar-refractivity contribution in [1.29, 1.82) is 0 Å². The van der Waals surface area contributed by atoms with Crippen LogP contribution >= 0.6 is 11.6 Å². The number of halogens is 1. The van der Waals surface area contributed by atoms with Gasteiger partial charge < -0.3 is 4.74 Å². The molecule has 1 rings (SSSR count). The molecule has 0 saturated carbocycles. The van der Waals surface area contributed by atoms with Gasteiger partial charge in [0.25, 0.3) is 0 Å². The van der Waals surface area contributed by atoms with Crippen LogP contribution in [0.3, 0.4) is 0 Å². The van der Waals surface area contributed by atoms with Crippen LogP contribution in [-0.2, 0) is 9.53 Å². The summed E-state index contributed by atoms with van der Waals surface area (Å²) in [5.41, 5.74) is 1.02. The number of para-hydroxylation sites is 1. The fraction of sp³-hybridized carbons (Fsp3) is 0.333. The smallest absolute Gasteiger partial charge is 0.354 e. The molecule has 0 saturated heterocycles. The molecule has 17 heavy (non-hydrogen) atoms. The lowest BCUT2D eigenvalue weighted by molar-refractivity contribution is -0.135. The highest BCUT2D eigenvalue weighted by atomic mass is 35.5. The predicted molar refractivity (Wildman–Crippen MR) is 69.6 cm³/mol. The van der Waals surface area contributed by atoms with Crippen molar-refractivity contribution in [3.05, 3.63) is 29.3 Å². The summed E-state index contributed by atoms with van der Waals surface area (Å²) in [5.74, 6) is -0.425. The Balaban J connectivity index is 2.85. The van der Waals surface area contributed by atoms with Crippen LogP contribution in [-0.4, -0.2) is 25.3 Å². The second-order valence-corrected chi connectivity index (χ2v) is 3.79. The van der Waals surface area contributed by atoms with Crippen LogP contribution in [0.1, 0.15) is 13.8 Å². The monoisotopic (exact) mass is 254 g/mol. The molecule has 1 aromatic rings. The number of carbonyl (C=O) groups excluding carboxylic acids is 1. The van der Waals surface area contributed by atoms with Crippen LogP contribution in [0.2, 0.25) is 5.02 Å². The largest absolute Gasteiger partial charge is 0.461 e. The van der Waals surface area contributed by atoms with E-state index in [1.54, 1.807) is 32.0 Å². The van der Waals surface area contributed by atoms with E-state index in [2.05, 4.69) is 5.10 Å². The Morgan fingerprint density at radius 1 is 1.47 bits per heavy atom. The molecule has 0 bridgehead atoms. The Kier molecular flexibility index (Phi) is 4.97. The lowest BCUT2D eigenvalue weighted by Gasteiger charge is -2.15. The molecule has 0 aliphatic rings. The number of ether oxygens (including phenoxy) is 1. The first-order valence-corrected chi connectivity index (χ1v) is 5.64. The molecule has 0 heterocycles. The van der Waals surface area contributed by atoms with E-state index in [-0.39, 0.29) is 5.71 Å². The van der Waals surface area contributed by atoms with Crippen LogP contribution in [0.15, 0.2) is 29.4 Å². The second-order valence-electron chi connectivity index (χ2n) is 3.38. The number of anilines is 1. The highest BCUT2D eigenvalue weighted by molar-refractivity contribution is 6.36. The van der Waals surface area contributed by atoms with Crippen molar-refractivity contribution in [3.63, 3.8) is 0 Å². The first kappa shape index (κ1) is 13.5. The van der Waals surface area contributed by atoms with E-state index in [9.17, 15) is 4.79 Å². The maximum absolute atomic E-state index is 11.4. The molecule has 0 aromatic heterocycles. The van der Waals surface area contributed by atoms with Gasteiger partial charge in [-0.05, 0) is 26.0 Å². The summed E-state index contributed by atoms with van der Waals surface area (Å²) in [6, 6.07) is 7.28. The van der Waals surface area contributed by atoms with Gasteiger partial charge in [0.1, 0.15) is 5.71 Å². The molecule has 92 valence electrons. The number of benzene rings is 1. The van der Waals surface area contributed by atoms with Gasteiger partial charge in [-0.25, -0.2) is 4.79 Å². The molecule has 1 aromatic carbocycles. The number of carbonyl (C=O) groups is 1. The Bertz CT molecular complexity index is 432. The molecular weight excluding hydrogens is 240 g/mol. The van der Waals surface area contributed by atoms with Crippen molar-refractivity contribution >= 4 is 29.0 Å². The summed E-state index contributed by atoms with van der Waals surface area (Å²) in [6.45, 7) is 3.69. The molecule has 0 amide bonds. The SMILES string of the molecule is CCOC(=O)/C(C)=N\N(C)c1ccccc1Cl. The predicted octanol–water partition coefficient (Wildman–Crippen LogP) is 2.72. The van der Waals surface area contributed by atoms with Crippen molar-refractivity contribution in [2.45, 2.75) is 13.8 Å². The minimum atomic E-state index is -0.425. The molecule has 0 atom stereocenters. The van der Waals surface area contributed by atoms with Gasteiger partial charge in [-0.15, -0.1) is 0 Å². The van der Waals surface area contributed by atoms with Crippen LogP contribution in [0.4, 0.5) is 5.69 Å². The van der Waals surface area contributed by atoms with E-state index in [1.807, 2.05) is 18.2 Å². The zero-order valence-corrected chi connectivity index (χ0v) is 10.9. The average molecular weight is 255 g/mol. The molecule has 0 N–H and O–H groups in total. The number of hydrogen-bond acceptors (Lipinski definition) is 4. The zero-order chi connectivity index (χ0) is 12.8. The van der Waals surface area contributed by atoms with Crippen LogP contribution in [0.25, 0.3) is 0 Å². The van der Waals surface area contributed by atoms with Crippen molar-refractivity contribution < 1.29 is 9.53 Å². The van der Waals surface area contributed by atoms with Crippen molar-refractivity contribution in [2.24, 2.45) is 5.10 Å². The van der Waals surface area contributed by atoms with E-state index in [0.29, 0.717) is 11.6 Å². The fourth-order valence-corrected chi connectivity index (χ4v) is 1.53. The summed E-state index contributed by atoms with van der Waals surface area (Å²) in [7, 11) is 1.73. The maximum atomic E-state index is 11.4. The van der Waals surface area contributed by atoms with Crippen LogP contribution in [0, 0.1) is 0 Å². The molecule has 0 aliphatic heterocycles. The van der Waals surface area contributed by atoms with E-state index in [0.717, 1.165) is 5.69 Å². The number of hydrogen-bond donors (Lipinski definition) is 0. The molecule has 4 nitrogen and oxygen atoms in total. The highest BCUT2D eigenvalue weighted by Crippen LogP contribution is 2.24. The van der Waals surface area contributed by atoms with Crippen molar-refractivity contribution in [2.75, 3.05) is 18.7 Å². The van der Waals surface area contributed by atoms with E-state index >= 15 is 0 Å². The summed E-state index contributed by atoms with van der Waals surface area (Å²) in [5, 5.41) is 6.25. The summed E-state index contributed by atoms with van der Waals surface area (Å²) >= 11 is 6.02. The number of nitrogens with zero attached hydrogens (tertiary/aromatic N) is 2. The van der Waals surface area contributed by atoms with E-state index in [1.165, 1.54) is 0 Å². The van der Waals surface area contributed by atoms with Crippen molar-refractivity contribution in [3.8, 4) is 0 Å². The quantitative estimate of drug-likeness (QED) is 0.471. The number of hydrazone groups is 1. The average Bonchev–Trinajstić information content (AvgIpc) is 2.29. The standard InChI is InChI=1S/C12H15ClN2O2/c1-4-17-12(16)9(2)14-15(3)11-8-6-5-7-10(11)13/h5-8H,4H2,1-3H3/b14-9-. The third-order valence-corrected chi connectivity index (χ3v) is 2.39. The summed E-state index contributed by atoms with van der Waals surface area (Å²) in [6.07, 6.45) is 0. The van der Waals surface area contributed by atoms with Gasteiger partial charge in [0.15, 0.2) is 0 Å². The molecule has 0 spiro atoms. The number of esters is 1. The Morgan fingerprint density at radius 3 is 2.71 bits per heavy atom. The lowest BCUT2D eigenvalue weighted by atomic mass is 10.3. The van der Waals surface area contributed by atoms with Gasteiger partial charge in [0.05, 0.1) is 17.3 Å². The first-order chi connectivity index (χ1) is 8.06. The van der Waals surface area contributed by atoms with Gasteiger partial charge in [-0.3, -0.25) is 5.01 Å². The van der Waals surface area contributed by atoms with Gasteiger partial charge in [-0.1, -0.05) is 23.7 Å². The summed E-state index contributed by atoms with van der Waals surface area (Å²) in [4.78, 5) is 11.4. The zero-order valence-electron chi connectivity index (χ0n) is 10.1. The van der Waals surface area contributed by atoms with Gasteiger partial charge >= 0.3 is 5.97 Å². The molecule has 0 aliphatic carbocycles. The third-order valence-electron chi connectivity index (χ3n) is 2.07. The maximum Gasteiger partial charge on any atom is 0.354 e.